The first kappa shape index (κ1) is 25.1. The second-order valence-corrected chi connectivity index (χ2v) is 8.49. The van der Waals surface area contributed by atoms with Crippen LogP contribution >= 0.6 is 27.5 Å². The van der Waals surface area contributed by atoms with Crippen molar-refractivity contribution in [1.29, 1.82) is 0 Å². The van der Waals surface area contributed by atoms with Crippen molar-refractivity contribution in [2.45, 2.75) is 0 Å². The van der Waals surface area contributed by atoms with Gasteiger partial charge in [0.1, 0.15) is 5.75 Å². The highest BCUT2D eigenvalue weighted by atomic mass is 79.9. The molecule has 0 bridgehead atoms. The highest BCUT2D eigenvalue weighted by Crippen LogP contribution is 2.30. The van der Waals surface area contributed by atoms with Crippen LogP contribution in [0.2, 0.25) is 5.02 Å². The van der Waals surface area contributed by atoms with Crippen molar-refractivity contribution >= 4 is 56.8 Å². The molecular formula is C22H20BrClN6O4. The Balaban J connectivity index is 1.62. The Morgan fingerprint density at radius 2 is 1.76 bits per heavy atom. The topological polar surface area (TPSA) is 126 Å². The Morgan fingerprint density at radius 3 is 2.44 bits per heavy atom. The predicted octanol–water partition coefficient (Wildman–Crippen LogP) is 4.15. The Morgan fingerprint density at radius 1 is 1.06 bits per heavy atom. The van der Waals surface area contributed by atoms with E-state index in [2.05, 4.69) is 41.8 Å². The number of urea groups is 1. The van der Waals surface area contributed by atoms with Gasteiger partial charge in [-0.05, 0) is 60.4 Å². The molecule has 0 aliphatic rings. The number of anilines is 2. The summed E-state index contributed by atoms with van der Waals surface area (Å²) in [4.78, 5) is 46.7. The van der Waals surface area contributed by atoms with Crippen molar-refractivity contribution in [2.75, 3.05) is 31.3 Å². The molecule has 0 aliphatic heterocycles. The summed E-state index contributed by atoms with van der Waals surface area (Å²) < 4.78 is 6.22. The number of aromatic nitrogens is 2. The highest BCUT2D eigenvalue weighted by Gasteiger charge is 2.16. The maximum Gasteiger partial charge on any atom is 0.326 e. The number of hydrogen-bond acceptors (Lipinski definition) is 7. The first-order chi connectivity index (χ1) is 16.2. The number of imide groups is 1. The van der Waals surface area contributed by atoms with Crippen molar-refractivity contribution in [3.63, 3.8) is 0 Å². The number of rotatable bonds is 7. The molecule has 0 saturated carbocycles. The standard InChI is InChI=1S/C22H20BrClN6O4/c1-30(2)12-19(31)28-17-6-4-3-5-15(17)20(32)29-21(33)27-14-7-8-18(16(24)9-14)34-22-25-10-13(23)11-26-22/h3-11H,12H2,1-2H3,(H,28,31)(H2,27,29,32,33). The van der Waals surface area contributed by atoms with Gasteiger partial charge in [-0.25, -0.2) is 14.8 Å². The number of halogens is 2. The van der Waals surface area contributed by atoms with Crippen LogP contribution in [0.1, 0.15) is 10.4 Å². The van der Waals surface area contributed by atoms with Crippen LogP contribution in [0, 0.1) is 0 Å². The van der Waals surface area contributed by atoms with Crippen molar-refractivity contribution in [2.24, 2.45) is 0 Å². The van der Waals surface area contributed by atoms with Gasteiger partial charge < -0.3 is 20.3 Å². The minimum atomic E-state index is -0.777. The van der Waals surface area contributed by atoms with Gasteiger partial charge in [-0.2, -0.15) is 0 Å². The van der Waals surface area contributed by atoms with Gasteiger partial charge >= 0.3 is 12.0 Å². The molecule has 2 aromatic carbocycles. The van der Waals surface area contributed by atoms with Crippen LogP contribution in [-0.4, -0.2) is 53.4 Å². The van der Waals surface area contributed by atoms with Crippen LogP contribution < -0.4 is 20.7 Å². The zero-order valence-corrected chi connectivity index (χ0v) is 20.5. The fourth-order valence-electron chi connectivity index (χ4n) is 2.71. The molecule has 1 heterocycles. The van der Waals surface area contributed by atoms with Gasteiger partial charge in [-0.1, -0.05) is 23.7 Å². The Labute approximate surface area is 208 Å². The van der Waals surface area contributed by atoms with E-state index in [0.717, 1.165) is 0 Å². The Bertz CT molecular complexity index is 1210. The number of benzene rings is 2. The Hall–Kier alpha value is -3.54. The number of hydrogen-bond donors (Lipinski definition) is 3. The molecule has 10 nitrogen and oxygen atoms in total. The lowest BCUT2D eigenvalue weighted by molar-refractivity contribution is -0.116. The second-order valence-electron chi connectivity index (χ2n) is 7.17. The zero-order valence-electron chi connectivity index (χ0n) is 18.1. The lowest BCUT2D eigenvalue weighted by Crippen LogP contribution is -2.35. The fraction of sp³-hybridized carbons (Fsp3) is 0.136. The molecule has 3 rings (SSSR count). The van der Waals surface area contributed by atoms with Crippen molar-refractivity contribution in [1.82, 2.24) is 20.2 Å². The highest BCUT2D eigenvalue weighted by molar-refractivity contribution is 9.10. The monoisotopic (exact) mass is 546 g/mol. The normalized spacial score (nSPS) is 10.5. The predicted molar refractivity (Wildman–Crippen MR) is 131 cm³/mol. The van der Waals surface area contributed by atoms with Gasteiger partial charge in [-0.15, -0.1) is 0 Å². The Kier molecular flexibility index (Phi) is 8.52. The minimum absolute atomic E-state index is 0.102. The maximum atomic E-state index is 12.6. The number of likely N-dealkylation sites (N-methyl/N-ethyl adjacent to an activating group) is 1. The van der Waals surface area contributed by atoms with Crippen LogP contribution in [-0.2, 0) is 4.79 Å². The van der Waals surface area contributed by atoms with E-state index in [-0.39, 0.29) is 34.8 Å². The van der Waals surface area contributed by atoms with Gasteiger partial charge in [0.2, 0.25) is 5.91 Å². The molecular weight excluding hydrogens is 528 g/mol. The summed E-state index contributed by atoms with van der Waals surface area (Å²) in [5.74, 6) is -0.690. The molecule has 0 radical (unpaired) electrons. The SMILES string of the molecule is CN(C)CC(=O)Nc1ccccc1C(=O)NC(=O)Nc1ccc(Oc2ncc(Br)cn2)c(Cl)c1. The molecule has 12 heteroatoms. The molecule has 0 atom stereocenters. The maximum absolute atomic E-state index is 12.6. The van der Waals surface area contributed by atoms with E-state index in [4.69, 9.17) is 16.3 Å². The van der Waals surface area contributed by atoms with Gasteiger partial charge in [0.15, 0.2) is 0 Å². The molecule has 0 aliphatic carbocycles. The number of ether oxygens (including phenoxy) is 1. The summed E-state index contributed by atoms with van der Waals surface area (Å²) in [6.07, 6.45) is 3.05. The van der Waals surface area contributed by atoms with Crippen molar-refractivity contribution in [3.05, 3.63) is 69.9 Å². The van der Waals surface area contributed by atoms with Gasteiger partial charge in [0, 0.05) is 18.1 Å². The summed E-state index contributed by atoms with van der Waals surface area (Å²) >= 11 is 9.46. The quantitative estimate of drug-likeness (QED) is 0.406. The van der Waals surface area contributed by atoms with Gasteiger partial charge in [-0.3, -0.25) is 14.9 Å². The van der Waals surface area contributed by atoms with E-state index in [1.807, 2.05) is 0 Å². The van der Waals surface area contributed by atoms with Gasteiger partial charge in [0.05, 0.1) is 27.3 Å². The molecule has 34 heavy (non-hydrogen) atoms. The summed E-state index contributed by atoms with van der Waals surface area (Å²) in [6.45, 7) is 0.144. The van der Waals surface area contributed by atoms with E-state index in [1.54, 1.807) is 43.3 Å². The van der Waals surface area contributed by atoms with Crippen LogP contribution in [0.4, 0.5) is 16.2 Å². The lowest BCUT2D eigenvalue weighted by atomic mass is 10.1. The van der Waals surface area contributed by atoms with E-state index < -0.39 is 11.9 Å². The van der Waals surface area contributed by atoms with Crippen LogP contribution in [0.25, 0.3) is 0 Å². The summed E-state index contributed by atoms with van der Waals surface area (Å²) in [6, 6.07) is 10.2. The number of carbonyl (C=O) groups excluding carboxylic acids is 3. The smallest absolute Gasteiger partial charge is 0.326 e. The summed E-state index contributed by atoms with van der Waals surface area (Å²) in [5, 5.41) is 7.62. The second kappa shape index (κ2) is 11.5. The summed E-state index contributed by atoms with van der Waals surface area (Å²) in [7, 11) is 3.50. The number of nitrogens with one attached hydrogen (secondary N) is 3. The first-order valence-electron chi connectivity index (χ1n) is 9.82. The van der Waals surface area contributed by atoms with Crippen molar-refractivity contribution < 1.29 is 19.1 Å². The molecule has 0 spiro atoms. The first-order valence-corrected chi connectivity index (χ1v) is 11.0. The third-order valence-electron chi connectivity index (χ3n) is 4.12. The third-order valence-corrected chi connectivity index (χ3v) is 4.83. The summed E-state index contributed by atoms with van der Waals surface area (Å²) in [5.41, 5.74) is 0.757. The third kappa shape index (κ3) is 7.24. The van der Waals surface area contributed by atoms with Crippen LogP contribution in [0.5, 0.6) is 11.8 Å². The molecule has 176 valence electrons. The zero-order chi connectivity index (χ0) is 24.7. The number of para-hydroxylation sites is 1. The minimum Gasteiger partial charge on any atom is -0.423 e. The molecule has 0 fully saturated rings. The molecule has 0 unspecified atom stereocenters. The number of amides is 4. The average Bonchev–Trinajstić information content (AvgIpc) is 2.76. The molecule has 3 N–H and O–H groups in total. The van der Waals surface area contributed by atoms with E-state index >= 15 is 0 Å². The fourth-order valence-corrected chi connectivity index (χ4v) is 3.14. The van der Waals surface area contributed by atoms with E-state index in [9.17, 15) is 14.4 Å². The van der Waals surface area contributed by atoms with E-state index in [1.165, 1.54) is 30.6 Å². The number of nitrogens with zero attached hydrogens (tertiary/aromatic N) is 3. The molecule has 3 aromatic rings. The van der Waals surface area contributed by atoms with Crippen LogP contribution in [0.3, 0.4) is 0 Å². The van der Waals surface area contributed by atoms with E-state index in [0.29, 0.717) is 15.8 Å². The largest absolute Gasteiger partial charge is 0.423 e. The molecule has 1 aromatic heterocycles. The lowest BCUT2D eigenvalue weighted by Gasteiger charge is -2.13. The molecule has 4 amide bonds. The van der Waals surface area contributed by atoms with Gasteiger partial charge in [0.25, 0.3) is 5.91 Å². The number of carbonyl (C=O) groups is 3. The average molecular weight is 548 g/mol. The molecule has 0 saturated heterocycles. The van der Waals surface area contributed by atoms with Crippen molar-refractivity contribution in [3.8, 4) is 11.8 Å². The van der Waals surface area contributed by atoms with Crippen LogP contribution in [0.15, 0.2) is 59.3 Å².